The van der Waals surface area contributed by atoms with E-state index in [2.05, 4.69) is 17.2 Å². The molecule has 0 fully saturated rings. The van der Waals surface area contributed by atoms with Crippen LogP contribution in [0, 0.1) is 6.92 Å². The highest BCUT2D eigenvalue weighted by Crippen LogP contribution is 2.19. The highest BCUT2D eigenvalue weighted by molar-refractivity contribution is 5.53. The minimum atomic E-state index is -0.635. The highest BCUT2D eigenvalue weighted by atomic mass is 16.3. The van der Waals surface area contributed by atoms with E-state index in [9.17, 15) is 5.11 Å². The van der Waals surface area contributed by atoms with Crippen LogP contribution in [0.25, 0.3) is 11.5 Å². The van der Waals surface area contributed by atoms with Gasteiger partial charge in [0.2, 0.25) is 5.89 Å². The fourth-order valence-electron chi connectivity index (χ4n) is 2.14. The SMILES string of the molecule is CCC(O)(CC)CNCc1coc(-c2ccc(C)cc2)n1. The van der Waals surface area contributed by atoms with Crippen molar-refractivity contribution in [3.63, 3.8) is 0 Å². The second-order valence-electron chi connectivity index (χ2n) is 5.55. The predicted octanol–water partition coefficient (Wildman–Crippen LogP) is 3.29. The second-order valence-corrected chi connectivity index (χ2v) is 5.55. The van der Waals surface area contributed by atoms with Crippen LogP contribution in [-0.4, -0.2) is 22.2 Å². The third-order valence-electron chi connectivity index (χ3n) is 3.93. The molecule has 0 aliphatic carbocycles. The summed E-state index contributed by atoms with van der Waals surface area (Å²) < 4.78 is 5.51. The smallest absolute Gasteiger partial charge is 0.226 e. The van der Waals surface area contributed by atoms with Crippen LogP contribution < -0.4 is 5.32 Å². The number of aliphatic hydroxyl groups is 1. The minimum Gasteiger partial charge on any atom is -0.444 e. The van der Waals surface area contributed by atoms with E-state index in [1.165, 1.54) is 5.56 Å². The Morgan fingerprint density at radius 1 is 1.19 bits per heavy atom. The summed E-state index contributed by atoms with van der Waals surface area (Å²) in [7, 11) is 0. The standard InChI is InChI=1S/C17H24N2O2/c1-4-17(20,5-2)12-18-10-15-11-21-16(19-15)14-8-6-13(3)7-9-14/h6-9,11,18,20H,4-5,10,12H2,1-3H3. The van der Waals surface area contributed by atoms with Gasteiger partial charge in [0.1, 0.15) is 6.26 Å². The summed E-state index contributed by atoms with van der Waals surface area (Å²) in [6, 6.07) is 8.09. The van der Waals surface area contributed by atoms with E-state index in [-0.39, 0.29) is 0 Å². The number of rotatable bonds is 7. The molecule has 0 amide bonds. The van der Waals surface area contributed by atoms with Crippen LogP contribution in [0.4, 0.5) is 0 Å². The Labute approximate surface area is 126 Å². The monoisotopic (exact) mass is 288 g/mol. The number of aryl methyl sites for hydroxylation is 1. The molecule has 21 heavy (non-hydrogen) atoms. The zero-order valence-electron chi connectivity index (χ0n) is 13.0. The molecule has 0 bridgehead atoms. The summed E-state index contributed by atoms with van der Waals surface area (Å²) in [4.78, 5) is 4.47. The predicted molar refractivity (Wildman–Crippen MR) is 83.9 cm³/mol. The lowest BCUT2D eigenvalue weighted by atomic mass is 9.98. The van der Waals surface area contributed by atoms with E-state index in [1.807, 2.05) is 38.1 Å². The topological polar surface area (TPSA) is 58.3 Å². The van der Waals surface area contributed by atoms with Gasteiger partial charge in [-0.2, -0.15) is 0 Å². The maximum atomic E-state index is 10.2. The lowest BCUT2D eigenvalue weighted by molar-refractivity contribution is 0.0322. The summed E-state index contributed by atoms with van der Waals surface area (Å²) in [6.45, 7) is 7.20. The fraction of sp³-hybridized carbons (Fsp3) is 0.471. The number of hydrogen-bond acceptors (Lipinski definition) is 4. The molecular weight excluding hydrogens is 264 g/mol. The second kappa shape index (κ2) is 6.87. The molecular formula is C17H24N2O2. The maximum Gasteiger partial charge on any atom is 0.226 e. The average Bonchev–Trinajstić information content (AvgIpc) is 2.96. The molecule has 2 rings (SSSR count). The molecule has 0 saturated heterocycles. The molecule has 114 valence electrons. The summed E-state index contributed by atoms with van der Waals surface area (Å²) in [5.41, 5.74) is 2.40. The van der Waals surface area contributed by atoms with E-state index >= 15 is 0 Å². The third-order valence-corrected chi connectivity index (χ3v) is 3.93. The third kappa shape index (κ3) is 4.16. The van der Waals surface area contributed by atoms with Gasteiger partial charge >= 0.3 is 0 Å². The maximum absolute atomic E-state index is 10.2. The van der Waals surface area contributed by atoms with Gasteiger partial charge in [0.05, 0.1) is 11.3 Å². The van der Waals surface area contributed by atoms with Gasteiger partial charge in [-0.3, -0.25) is 0 Å². The van der Waals surface area contributed by atoms with Gasteiger partial charge in [-0.1, -0.05) is 31.5 Å². The first-order chi connectivity index (χ1) is 10.1. The number of nitrogens with one attached hydrogen (secondary N) is 1. The van der Waals surface area contributed by atoms with Crippen molar-refractivity contribution in [1.29, 1.82) is 0 Å². The lowest BCUT2D eigenvalue weighted by Crippen LogP contribution is -2.39. The molecule has 0 atom stereocenters. The molecule has 4 nitrogen and oxygen atoms in total. The summed E-state index contributed by atoms with van der Waals surface area (Å²) in [6.07, 6.45) is 3.15. The van der Waals surface area contributed by atoms with Gasteiger partial charge in [0, 0.05) is 18.7 Å². The molecule has 1 heterocycles. The summed E-state index contributed by atoms with van der Waals surface area (Å²) in [5.74, 6) is 0.632. The number of benzene rings is 1. The Morgan fingerprint density at radius 2 is 1.86 bits per heavy atom. The van der Waals surface area contributed by atoms with E-state index in [0.717, 1.165) is 24.1 Å². The van der Waals surface area contributed by atoms with Gasteiger partial charge in [-0.05, 0) is 31.9 Å². The van der Waals surface area contributed by atoms with Gasteiger partial charge in [0.15, 0.2) is 0 Å². The molecule has 0 spiro atoms. The lowest BCUT2D eigenvalue weighted by Gasteiger charge is -2.25. The van der Waals surface area contributed by atoms with Crippen LogP contribution in [0.3, 0.4) is 0 Å². The zero-order chi connectivity index (χ0) is 15.3. The van der Waals surface area contributed by atoms with Crippen LogP contribution in [0.1, 0.15) is 37.9 Å². The van der Waals surface area contributed by atoms with Crippen molar-refractivity contribution in [3.05, 3.63) is 41.8 Å². The van der Waals surface area contributed by atoms with E-state index < -0.39 is 5.60 Å². The summed E-state index contributed by atoms with van der Waals surface area (Å²) >= 11 is 0. The first kappa shape index (κ1) is 15.7. The molecule has 1 aromatic carbocycles. The van der Waals surface area contributed by atoms with Crippen molar-refractivity contribution < 1.29 is 9.52 Å². The molecule has 2 aromatic rings. The minimum absolute atomic E-state index is 0.562. The van der Waals surface area contributed by atoms with Gasteiger partial charge < -0.3 is 14.8 Å². The molecule has 2 N–H and O–H groups in total. The van der Waals surface area contributed by atoms with E-state index in [1.54, 1.807) is 6.26 Å². The largest absolute Gasteiger partial charge is 0.444 e. The normalized spacial score (nSPS) is 11.8. The number of aromatic nitrogens is 1. The molecule has 0 aliphatic heterocycles. The fourth-order valence-corrected chi connectivity index (χ4v) is 2.14. The zero-order valence-corrected chi connectivity index (χ0v) is 13.0. The molecule has 4 heteroatoms. The number of hydrogen-bond donors (Lipinski definition) is 2. The van der Waals surface area contributed by atoms with E-state index in [4.69, 9.17) is 4.42 Å². The van der Waals surface area contributed by atoms with Gasteiger partial charge in [-0.25, -0.2) is 4.98 Å². The Kier molecular flexibility index (Phi) is 5.15. The van der Waals surface area contributed by atoms with Crippen molar-refractivity contribution in [2.75, 3.05) is 6.54 Å². The number of oxazole rings is 1. The van der Waals surface area contributed by atoms with Crippen molar-refractivity contribution in [3.8, 4) is 11.5 Å². The first-order valence-electron chi connectivity index (χ1n) is 7.51. The van der Waals surface area contributed by atoms with Gasteiger partial charge in [-0.15, -0.1) is 0 Å². The molecule has 1 aromatic heterocycles. The highest BCUT2D eigenvalue weighted by Gasteiger charge is 2.21. The van der Waals surface area contributed by atoms with Crippen molar-refractivity contribution >= 4 is 0 Å². The Balaban J connectivity index is 1.93. The molecule has 0 aliphatic rings. The molecule has 0 unspecified atom stereocenters. The van der Waals surface area contributed by atoms with Crippen LogP contribution >= 0.6 is 0 Å². The Bertz CT molecular complexity index is 556. The van der Waals surface area contributed by atoms with Crippen LogP contribution in [0.5, 0.6) is 0 Å². The average molecular weight is 288 g/mol. The van der Waals surface area contributed by atoms with Gasteiger partial charge in [0.25, 0.3) is 0 Å². The first-order valence-corrected chi connectivity index (χ1v) is 7.51. The number of nitrogens with zero attached hydrogens (tertiary/aromatic N) is 1. The summed E-state index contributed by atoms with van der Waals surface area (Å²) in [5, 5.41) is 13.5. The van der Waals surface area contributed by atoms with Crippen molar-refractivity contribution in [2.24, 2.45) is 0 Å². The van der Waals surface area contributed by atoms with Crippen LogP contribution in [0.2, 0.25) is 0 Å². The van der Waals surface area contributed by atoms with Crippen LogP contribution in [0.15, 0.2) is 34.9 Å². The Hall–Kier alpha value is -1.65. The van der Waals surface area contributed by atoms with Crippen LogP contribution in [-0.2, 0) is 6.54 Å². The molecule has 0 saturated carbocycles. The van der Waals surface area contributed by atoms with Crippen molar-refractivity contribution in [2.45, 2.75) is 45.8 Å². The van der Waals surface area contributed by atoms with E-state index in [0.29, 0.717) is 19.0 Å². The quantitative estimate of drug-likeness (QED) is 0.821. The Morgan fingerprint density at radius 3 is 2.48 bits per heavy atom. The molecule has 0 radical (unpaired) electrons. The van der Waals surface area contributed by atoms with Crippen molar-refractivity contribution in [1.82, 2.24) is 10.3 Å².